The summed E-state index contributed by atoms with van der Waals surface area (Å²) in [5, 5.41) is 14.5. The van der Waals surface area contributed by atoms with Gasteiger partial charge in [-0.15, -0.1) is 0 Å². The maximum atomic E-state index is 13.4. The summed E-state index contributed by atoms with van der Waals surface area (Å²) in [6.07, 6.45) is 1.69. The Labute approximate surface area is 245 Å². The van der Waals surface area contributed by atoms with Crippen molar-refractivity contribution in [1.82, 2.24) is 9.97 Å². The van der Waals surface area contributed by atoms with E-state index in [4.69, 9.17) is 21.1 Å². The molecule has 3 heterocycles. The van der Waals surface area contributed by atoms with Crippen molar-refractivity contribution in [2.75, 3.05) is 16.8 Å². The average molecular weight is 576 g/mol. The molecule has 2 aromatic heterocycles. The second kappa shape index (κ2) is 11.2. The molecule has 0 fully saturated rings. The van der Waals surface area contributed by atoms with Crippen molar-refractivity contribution >= 4 is 51.5 Å². The molecule has 0 bridgehead atoms. The van der Waals surface area contributed by atoms with E-state index in [9.17, 15) is 14.9 Å². The lowest BCUT2D eigenvalue weighted by atomic mass is 10.1. The number of fused-ring (bicyclic) bond motifs is 2. The number of nitriles is 1. The zero-order valence-corrected chi connectivity index (χ0v) is 23.1. The second-order valence-electron chi connectivity index (χ2n) is 9.28. The van der Waals surface area contributed by atoms with E-state index in [-0.39, 0.29) is 29.1 Å². The molecule has 6 rings (SSSR count). The van der Waals surface area contributed by atoms with E-state index in [1.54, 1.807) is 66.9 Å². The Morgan fingerprint density at radius 3 is 2.38 bits per heavy atom. The summed E-state index contributed by atoms with van der Waals surface area (Å²) in [5.74, 6) is -0.166. The molecule has 9 nitrogen and oxygen atoms in total. The first-order chi connectivity index (χ1) is 20.5. The molecule has 1 aliphatic heterocycles. The summed E-state index contributed by atoms with van der Waals surface area (Å²) in [4.78, 5) is 36.6. The van der Waals surface area contributed by atoms with Crippen molar-refractivity contribution in [3.05, 3.63) is 112 Å². The van der Waals surface area contributed by atoms with E-state index in [2.05, 4.69) is 21.4 Å². The standard InChI is InChI=1S/C32H22ClN5O4/c1-2-41-21-11-12-24-27(16-21)37-30(38-31(39)22-8-3-4-9-23(22)32(38)40)25(17-34)29(24)36-19-10-13-28(26(33)15-19)42-18-20-7-5-6-14-35-20/h3-16H,2,18H2,1H3,(H,36,37). The molecule has 0 saturated heterocycles. The fourth-order valence-corrected chi connectivity index (χ4v) is 4.98. The number of nitrogens with one attached hydrogen (secondary N) is 1. The molecule has 0 atom stereocenters. The molecular weight excluding hydrogens is 554 g/mol. The van der Waals surface area contributed by atoms with E-state index >= 15 is 0 Å². The first kappa shape index (κ1) is 26.7. The number of pyridine rings is 2. The third-order valence-electron chi connectivity index (χ3n) is 6.67. The largest absolute Gasteiger partial charge is 0.494 e. The highest BCUT2D eigenvalue weighted by Crippen LogP contribution is 2.40. The average Bonchev–Trinajstić information content (AvgIpc) is 3.26. The van der Waals surface area contributed by atoms with Gasteiger partial charge in [0.25, 0.3) is 11.8 Å². The van der Waals surface area contributed by atoms with E-state index in [0.29, 0.717) is 45.4 Å². The minimum absolute atomic E-state index is 0.0211. The minimum atomic E-state index is -0.552. The molecule has 1 N–H and O–H groups in total. The molecule has 3 aromatic carbocycles. The van der Waals surface area contributed by atoms with Gasteiger partial charge in [-0.05, 0) is 61.5 Å². The fourth-order valence-electron chi connectivity index (χ4n) is 4.74. The zero-order chi connectivity index (χ0) is 29.2. The number of rotatable bonds is 8. The van der Waals surface area contributed by atoms with Crippen molar-refractivity contribution in [2.45, 2.75) is 13.5 Å². The predicted molar refractivity (Wildman–Crippen MR) is 159 cm³/mol. The highest BCUT2D eigenvalue weighted by atomic mass is 35.5. The molecule has 0 unspecified atom stereocenters. The van der Waals surface area contributed by atoms with Crippen LogP contribution in [0, 0.1) is 11.3 Å². The number of hydrogen-bond acceptors (Lipinski definition) is 8. The van der Waals surface area contributed by atoms with Crippen LogP contribution in [-0.4, -0.2) is 28.4 Å². The van der Waals surface area contributed by atoms with Crippen LogP contribution in [0.25, 0.3) is 10.9 Å². The Bertz CT molecular complexity index is 1870. The van der Waals surface area contributed by atoms with Crippen LogP contribution in [0.4, 0.5) is 17.2 Å². The van der Waals surface area contributed by atoms with Gasteiger partial charge in [-0.3, -0.25) is 14.6 Å². The van der Waals surface area contributed by atoms with Crippen LogP contribution in [0.2, 0.25) is 5.02 Å². The number of aromatic nitrogens is 2. The van der Waals surface area contributed by atoms with Crippen molar-refractivity contribution in [1.29, 1.82) is 5.26 Å². The lowest BCUT2D eigenvalue weighted by molar-refractivity contribution is 0.0925. The lowest BCUT2D eigenvalue weighted by Gasteiger charge is -2.20. The number of ether oxygens (including phenoxy) is 2. The molecule has 0 radical (unpaired) electrons. The second-order valence-corrected chi connectivity index (χ2v) is 9.69. The number of benzene rings is 3. The molecule has 5 aromatic rings. The van der Waals surface area contributed by atoms with Gasteiger partial charge in [-0.25, -0.2) is 9.88 Å². The number of hydrogen-bond donors (Lipinski definition) is 1. The third kappa shape index (κ3) is 4.85. The number of halogens is 1. The van der Waals surface area contributed by atoms with Crippen molar-refractivity contribution in [3.63, 3.8) is 0 Å². The predicted octanol–water partition coefficient (Wildman–Crippen LogP) is 6.68. The van der Waals surface area contributed by atoms with Crippen LogP contribution in [0.15, 0.2) is 85.1 Å². The molecule has 10 heteroatoms. The smallest absolute Gasteiger partial charge is 0.267 e. The van der Waals surface area contributed by atoms with Gasteiger partial charge in [0.1, 0.15) is 29.7 Å². The van der Waals surface area contributed by atoms with Crippen LogP contribution < -0.4 is 19.7 Å². The van der Waals surface area contributed by atoms with Crippen LogP contribution in [0.5, 0.6) is 11.5 Å². The van der Waals surface area contributed by atoms with Gasteiger partial charge in [0.2, 0.25) is 0 Å². The number of carbonyl (C=O) groups excluding carboxylic acids is 2. The van der Waals surface area contributed by atoms with Crippen LogP contribution in [-0.2, 0) is 6.61 Å². The first-order valence-electron chi connectivity index (χ1n) is 13.1. The molecule has 0 aliphatic carbocycles. The Balaban J connectivity index is 1.42. The SMILES string of the molecule is CCOc1ccc2c(Nc3ccc(OCc4ccccn4)c(Cl)c3)c(C#N)c(N3C(=O)c4ccccc4C3=O)nc2c1. The summed E-state index contributed by atoms with van der Waals surface area (Å²) in [5.41, 5.74) is 2.61. The molecular formula is C32H22ClN5O4. The van der Waals surface area contributed by atoms with Gasteiger partial charge in [-0.2, -0.15) is 5.26 Å². The van der Waals surface area contributed by atoms with Crippen LogP contribution in [0.1, 0.15) is 38.9 Å². The number of amides is 2. The summed E-state index contributed by atoms with van der Waals surface area (Å²) < 4.78 is 11.5. The van der Waals surface area contributed by atoms with Crippen molar-refractivity contribution in [3.8, 4) is 17.6 Å². The first-order valence-corrected chi connectivity index (χ1v) is 13.4. The van der Waals surface area contributed by atoms with E-state index in [1.165, 1.54) is 0 Å². The zero-order valence-electron chi connectivity index (χ0n) is 22.3. The molecule has 0 spiro atoms. The Morgan fingerprint density at radius 2 is 1.71 bits per heavy atom. The minimum Gasteiger partial charge on any atom is -0.494 e. The fraction of sp³-hybridized carbons (Fsp3) is 0.0938. The Morgan fingerprint density at radius 1 is 0.952 bits per heavy atom. The third-order valence-corrected chi connectivity index (χ3v) is 6.97. The van der Waals surface area contributed by atoms with E-state index in [0.717, 1.165) is 10.6 Å². The Hall–Kier alpha value is -5.46. The van der Waals surface area contributed by atoms with Gasteiger partial charge < -0.3 is 14.8 Å². The number of imide groups is 1. The number of carbonyl (C=O) groups is 2. The van der Waals surface area contributed by atoms with Crippen LogP contribution in [0.3, 0.4) is 0 Å². The number of anilines is 3. The maximum Gasteiger partial charge on any atom is 0.267 e. The topological polar surface area (TPSA) is 117 Å². The maximum absolute atomic E-state index is 13.4. The molecule has 42 heavy (non-hydrogen) atoms. The van der Waals surface area contributed by atoms with Gasteiger partial charge in [0.05, 0.1) is 39.7 Å². The molecule has 2 amide bonds. The molecule has 1 aliphatic rings. The van der Waals surface area contributed by atoms with Gasteiger partial charge in [0.15, 0.2) is 5.82 Å². The van der Waals surface area contributed by atoms with Crippen molar-refractivity contribution in [2.24, 2.45) is 0 Å². The van der Waals surface area contributed by atoms with E-state index < -0.39 is 11.8 Å². The van der Waals surface area contributed by atoms with E-state index in [1.807, 2.05) is 25.1 Å². The Kier molecular flexibility index (Phi) is 7.13. The molecule has 0 saturated carbocycles. The van der Waals surface area contributed by atoms with Crippen LogP contribution >= 0.6 is 11.6 Å². The highest BCUT2D eigenvalue weighted by Gasteiger charge is 2.39. The van der Waals surface area contributed by atoms with Gasteiger partial charge in [-0.1, -0.05) is 29.8 Å². The molecule has 206 valence electrons. The number of nitrogens with zero attached hydrogens (tertiary/aromatic N) is 4. The highest BCUT2D eigenvalue weighted by molar-refractivity contribution is 6.35. The van der Waals surface area contributed by atoms with Crippen molar-refractivity contribution < 1.29 is 19.1 Å². The normalized spacial score (nSPS) is 12.3. The summed E-state index contributed by atoms with van der Waals surface area (Å²) >= 11 is 6.56. The lowest BCUT2D eigenvalue weighted by Crippen LogP contribution is -2.31. The van der Waals surface area contributed by atoms with Gasteiger partial charge in [0, 0.05) is 23.3 Å². The summed E-state index contributed by atoms with van der Waals surface area (Å²) in [6, 6.07) is 24.6. The quantitative estimate of drug-likeness (QED) is 0.204. The summed E-state index contributed by atoms with van der Waals surface area (Å²) in [6.45, 7) is 2.54. The monoisotopic (exact) mass is 575 g/mol. The van der Waals surface area contributed by atoms with Gasteiger partial charge >= 0.3 is 0 Å². The summed E-state index contributed by atoms with van der Waals surface area (Å²) in [7, 11) is 0.